The van der Waals surface area contributed by atoms with Gasteiger partial charge in [0.25, 0.3) is 11.5 Å². The fourth-order valence-electron chi connectivity index (χ4n) is 3.90. The van der Waals surface area contributed by atoms with Gasteiger partial charge in [-0.3, -0.25) is 14.0 Å². The molecular formula is C27H24ClN5O2. The van der Waals surface area contributed by atoms with Crippen LogP contribution in [0.3, 0.4) is 0 Å². The Hall–Kier alpha value is -4.02. The number of carbonyl (C=O) groups is 1. The number of pyridine rings is 2. The van der Waals surface area contributed by atoms with Crippen LogP contribution in [0.5, 0.6) is 0 Å². The molecule has 8 heteroatoms. The Labute approximate surface area is 207 Å². The van der Waals surface area contributed by atoms with Gasteiger partial charge in [-0.1, -0.05) is 49.6 Å². The number of hydrogen-bond donors (Lipinski definition) is 0. The number of amides is 1. The molecule has 0 aliphatic heterocycles. The van der Waals surface area contributed by atoms with Crippen LogP contribution >= 0.6 is 11.6 Å². The average Bonchev–Trinajstić information content (AvgIpc) is 2.85. The van der Waals surface area contributed by atoms with Crippen molar-refractivity contribution in [2.24, 2.45) is 4.99 Å². The zero-order valence-corrected chi connectivity index (χ0v) is 20.3. The van der Waals surface area contributed by atoms with E-state index in [4.69, 9.17) is 16.6 Å². The van der Waals surface area contributed by atoms with Gasteiger partial charge < -0.3 is 4.57 Å². The van der Waals surface area contributed by atoms with Gasteiger partial charge in [-0.25, -0.2) is 4.98 Å². The van der Waals surface area contributed by atoms with Gasteiger partial charge in [0, 0.05) is 23.8 Å². The van der Waals surface area contributed by atoms with Crippen molar-refractivity contribution in [3.05, 3.63) is 92.3 Å². The van der Waals surface area contributed by atoms with E-state index in [-0.39, 0.29) is 16.6 Å². The first-order valence-electron chi connectivity index (χ1n) is 11.4. The summed E-state index contributed by atoms with van der Waals surface area (Å²) >= 11 is 5.92. The van der Waals surface area contributed by atoms with E-state index in [2.05, 4.69) is 18.0 Å². The summed E-state index contributed by atoms with van der Waals surface area (Å²) in [7, 11) is 0. The molecule has 35 heavy (non-hydrogen) atoms. The standard InChI is InChI=1S/C27H24ClN5O2/c1-3-4-5-14-32-25(30-23(34)13-10-19-8-11-21(28)12-9-19)20(17-29)16-22-26(32)31-24-18(2)7-6-15-33(24)27(22)35/h6-13,15-16H,3-5,14H2,1-2H3/b13-10+,30-25?. The minimum Gasteiger partial charge on any atom is -0.309 e. The number of halogens is 1. The monoisotopic (exact) mass is 485 g/mol. The summed E-state index contributed by atoms with van der Waals surface area (Å²) in [5, 5.41) is 10.8. The van der Waals surface area contributed by atoms with Gasteiger partial charge in [0.1, 0.15) is 17.4 Å². The largest absolute Gasteiger partial charge is 0.309 e. The van der Waals surface area contributed by atoms with Gasteiger partial charge in [0.15, 0.2) is 5.49 Å². The molecule has 4 aromatic rings. The van der Waals surface area contributed by atoms with Crippen LogP contribution < -0.4 is 11.0 Å². The molecular weight excluding hydrogens is 462 g/mol. The van der Waals surface area contributed by atoms with Gasteiger partial charge >= 0.3 is 0 Å². The summed E-state index contributed by atoms with van der Waals surface area (Å²) in [6.45, 7) is 4.45. The molecule has 0 radical (unpaired) electrons. The van der Waals surface area contributed by atoms with Gasteiger partial charge in [0.05, 0.1) is 10.9 Å². The maximum Gasteiger partial charge on any atom is 0.271 e. The maximum atomic E-state index is 13.3. The molecule has 0 saturated heterocycles. The van der Waals surface area contributed by atoms with Crippen molar-refractivity contribution in [3.8, 4) is 6.07 Å². The first kappa shape index (κ1) is 24.1. The van der Waals surface area contributed by atoms with E-state index in [9.17, 15) is 14.9 Å². The Morgan fingerprint density at radius 3 is 2.69 bits per heavy atom. The van der Waals surface area contributed by atoms with E-state index >= 15 is 0 Å². The van der Waals surface area contributed by atoms with E-state index in [0.29, 0.717) is 28.2 Å². The summed E-state index contributed by atoms with van der Waals surface area (Å²) in [4.78, 5) is 35.1. The van der Waals surface area contributed by atoms with Gasteiger partial charge in [-0.05, 0) is 54.8 Å². The third kappa shape index (κ3) is 5.08. The molecule has 0 spiro atoms. The molecule has 3 aromatic heterocycles. The highest BCUT2D eigenvalue weighted by Crippen LogP contribution is 2.14. The second kappa shape index (κ2) is 10.5. The van der Waals surface area contributed by atoms with Crippen LogP contribution in [-0.2, 0) is 11.3 Å². The van der Waals surface area contributed by atoms with E-state index in [0.717, 1.165) is 30.4 Å². The number of fused-ring (bicyclic) bond motifs is 2. The van der Waals surface area contributed by atoms with Crippen molar-refractivity contribution < 1.29 is 4.79 Å². The van der Waals surface area contributed by atoms with E-state index in [1.807, 2.05) is 13.0 Å². The van der Waals surface area contributed by atoms with Crippen molar-refractivity contribution in [2.75, 3.05) is 0 Å². The van der Waals surface area contributed by atoms with Crippen molar-refractivity contribution in [1.29, 1.82) is 5.26 Å². The van der Waals surface area contributed by atoms with Gasteiger partial charge in [-0.2, -0.15) is 10.3 Å². The van der Waals surface area contributed by atoms with Crippen molar-refractivity contribution in [3.63, 3.8) is 0 Å². The Kier molecular flexibility index (Phi) is 7.23. The molecule has 0 atom stereocenters. The predicted molar refractivity (Wildman–Crippen MR) is 137 cm³/mol. The lowest BCUT2D eigenvalue weighted by Crippen LogP contribution is -2.29. The fraction of sp³-hybridized carbons (Fsp3) is 0.222. The molecule has 0 aliphatic rings. The van der Waals surface area contributed by atoms with Crippen LogP contribution in [0.2, 0.25) is 5.02 Å². The highest BCUT2D eigenvalue weighted by atomic mass is 35.5. The fourth-order valence-corrected chi connectivity index (χ4v) is 4.03. The number of aromatic nitrogens is 3. The van der Waals surface area contributed by atoms with Gasteiger partial charge in [0.2, 0.25) is 0 Å². The van der Waals surface area contributed by atoms with E-state index < -0.39 is 5.91 Å². The molecule has 7 nitrogen and oxygen atoms in total. The Morgan fingerprint density at radius 2 is 1.97 bits per heavy atom. The van der Waals surface area contributed by atoms with Crippen molar-refractivity contribution >= 4 is 40.3 Å². The number of rotatable bonds is 6. The number of hydrogen-bond acceptors (Lipinski definition) is 4. The van der Waals surface area contributed by atoms with Crippen LogP contribution in [0.25, 0.3) is 22.8 Å². The quantitative estimate of drug-likeness (QED) is 0.222. The zero-order valence-electron chi connectivity index (χ0n) is 19.5. The molecule has 176 valence electrons. The third-order valence-electron chi connectivity index (χ3n) is 5.72. The summed E-state index contributed by atoms with van der Waals surface area (Å²) in [5.74, 6) is -0.520. The lowest BCUT2D eigenvalue weighted by Gasteiger charge is -2.14. The minimum absolute atomic E-state index is 0.147. The van der Waals surface area contributed by atoms with Crippen molar-refractivity contribution in [2.45, 2.75) is 39.7 Å². The number of nitrogens with zero attached hydrogens (tertiary/aromatic N) is 5. The zero-order chi connectivity index (χ0) is 24.9. The number of benzene rings is 1. The molecule has 1 aromatic carbocycles. The summed E-state index contributed by atoms with van der Waals surface area (Å²) < 4.78 is 3.21. The highest BCUT2D eigenvalue weighted by molar-refractivity contribution is 6.30. The lowest BCUT2D eigenvalue weighted by molar-refractivity contribution is -0.113. The second-order valence-corrected chi connectivity index (χ2v) is 8.66. The molecule has 0 fully saturated rings. The summed E-state index contributed by atoms with van der Waals surface area (Å²) in [6, 6.07) is 14.3. The van der Waals surface area contributed by atoms with E-state index in [1.54, 1.807) is 47.2 Å². The SMILES string of the molecule is CCCCCn1c(=NC(=O)/C=C/c2ccc(Cl)cc2)c(C#N)cc2c(=O)n3cccc(C)c3nc21. The van der Waals surface area contributed by atoms with Crippen LogP contribution in [0.15, 0.2) is 64.5 Å². The summed E-state index contributed by atoms with van der Waals surface area (Å²) in [6.07, 6.45) is 7.37. The van der Waals surface area contributed by atoms with E-state index in [1.165, 1.54) is 16.5 Å². The molecule has 0 saturated carbocycles. The molecule has 1 amide bonds. The molecule has 0 bridgehead atoms. The molecule has 4 rings (SSSR count). The van der Waals surface area contributed by atoms with Gasteiger partial charge in [-0.15, -0.1) is 0 Å². The number of unbranched alkanes of at least 4 members (excludes halogenated alkanes) is 2. The minimum atomic E-state index is -0.520. The first-order chi connectivity index (χ1) is 16.9. The molecule has 0 aliphatic carbocycles. The molecule has 0 unspecified atom stereocenters. The second-order valence-electron chi connectivity index (χ2n) is 8.23. The molecule has 3 heterocycles. The van der Waals surface area contributed by atoms with Crippen LogP contribution in [0, 0.1) is 18.3 Å². The molecule has 0 N–H and O–H groups in total. The summed E-state index contributed by atoms with van der Waals surface area (Å²) in [5.41, 5.74) is 2.66. The Balaban J connectivity index is 1.94. The number of nitriles is 1. The topological polar surface area (TPSA) is 92.5 Å². The number of carbonyl (C=O) groups excluding carboxylic acids is 1. The predicted octanol–water partition coefficient (Wildman–Crippen LogP) is 4.81. The van der Waals surface area contributed by atoms with Crippen LogP contribution in [0.4, 0.5) is 0 Å². The number of aryl methyl sites for hydroxylation is 2. The van der Waals surface area contributed by atoms with Crippen molar-refractivity contribution in [1.82, 2.24) is 14.0 Å². The highest BCUT2D eigenvalue weighted by Gasteiger charge is 2.15. The van der Waals surface area contributed by atoms with Crippen LogP contribution in [0.1, 0.15) is 42.9 Å². The van der Waals surface area contributed by atoms with Crippen LogP contribution in [-0.4, -0.2) is 19.9 Å². The smallest absolute Gasteiger partial charge is 0.271 e. The lowest BCUT2D eigenvalue weighted by atomic mass is 10.2. The average molecular weight is 486 g/mol. The third-order valence-corrected chi connectivity index (χ3v) is 5.97. The normalized spacial score (nSPS) is 12.0. The first-order valence-corrected chi connectivity index (χ1v) is 11.8. The Morgan fingerprint density at radius 1 is 1.20 bits per heavy atom. The Bertz CT molecular complexity index is 1620. The maximum absolute atomic E-state index is 13.3.